The second-order valence-corrected chi connectivity index (χ2v) is 9.52. The normalized spacial score (nSPS) is 11.8. The topological polar surface area (TPSA) is 72.1 Å². The van der Waals surface area contributed by atoms with E-state index in [-0.39, 0.29) is 13.2 Å². The lowest BCUT2D eigenvalue weighted by Crippen LogP contribution is -2.28. The summed E-state index contributed by atoms with van der Waals surface area (Å²) in [6, 6.07) is 23.6. The first-order valence-corrected chi connectivity index (χ1v) is 13.5. The lowest BCUT2D eigenvalue weighted by Gasteiger charge is -2.20. The number of rotatable bonds is 13. The van der Waals surface area contributed by atoms with Crippen LogP contribution in [0.1, 0.15) is 31.9 Å². The summed E-state index contributed by atoms with van der Waals surface area (Å²) < 4.78 is 17.9. The quantitative estimate of drug-likeness (QED) is 0.168. The van der Waals surface area contributed by atoms with Crippen LogP contribution in [0, 0.1) is 0 Å². The Balaban J connectivity index is 1.78. The molecule has 4 aromatic rings. The number of aliphatic hydroxyl groups excluding tert-OH is 1. The Morgan fingerprint density at radius 1 is 0.923 bits per heavy atom. The van der Waals surface area contributed by atoms with Gasteiger partial charge in [-0.2, -0.15) is 0 Å². The molecule has 0 amide bonds. The fourth-order valence-corrected chi connectivity index (χ4v) is 4.48. The van der Waals surface area contributed by atoms with Crippen molar-refractivity contribution in [3.63, 3.8) is 0 Å². The van der Waals surface area contributed by atoms with E-state index in [0.29, 0.717) is 17.9 Å². The molecule has 0 radical (unpaired) electrons. The third-order valence-electron chi connectivity index (χ3n) is 6.79. The van der Waals surface area contributed by atoms with E-state index in [0.717, 1.165) is 59.5 Å². The molecule has 0 aliphatic rings. The number of likely N-dealkylation sites (N-methyl/N-ethyl adjacent to an activating group) is 1. The number of hydrogen-bond donors (Lipinski definition) is 1. The molecule has 4 rings (SSSR count). The molecule has 0 fully saturated rings. The van der Waals surface area contributed by atoms with Gasteiger partial charge in [0.1, 0.15) is 30.3 Å². The Morgan fingerprint density at radius 2 is 1.72 bits per heavy atom. The number of nitrogens with zero attached hydrogens (tertiary/aromatic N) is 1. The van der Waals surface area contributed by atoms with Crippen LogP contribution in [-0.4, -0.2) is 49.5 Å². The first-order chi connectivity index (χ1) is 19.0. The molecule has 0 unspecified atom stereocenters. The molecular weight excluding hydrogens is 490 g/mol. The maximum atomic E-state index is 12.1. The van der Waals surface area contributed by atoms with Crippen LogP contribution in [0.3, 0.4) is 0 Å². The molecule has 1 heterocycles. The predicted molar refractivity (Wildman–Crippen MR) is 157 cm³/mol. The molecule has 6 heteroatoms. The highest BCUT2D eigenvalue weighted by Gasteiger charge is 2.16. The lowest BCUT2D eigenvalue weighted by molar-refractivity contribution is 0.223. The van der Waals surface area contributed by atoms with E-state index < -0.39 is 5.63 Å². The van der Waals surface area contributed by atoms with E-state index in [9.17, 15) is 9.90 Å². The molecule has 0 saturated carbocycles. The number of fused-ring (bicyclic) bond motifs is 1. The summed E-state index contributed by atoms with van der Waals surface area (Å²) >= 11 is 0. The molecule has 0 saturated heterocycles. The van der Waals surface area contributed by atoms with Crippen LogP contribution in [0.15, 0.2) is 93.7 Å². The maximum absolute atomic E-state index is 12.1. The van der Waals surface area contributed by atoms with Crippen LogP contribution < -0.4 is 15.1 Å². The van der Waals surface area contributed by atoms with E-state index in [4.69, 9.17) is 13.9 Å². The van der Waals surface area contributed by atoms with Gasteiger partial charge in [-0.05, 0) is 73.5 Å². The summed E-state index contributed by atoms with van der Waals surface area (Å²) in [6.07, 6.45) is 2.61. The van der Waals surface area contributed by atoms with Gasteiger partial charge in [0.05, 0.1) is 6.61 Å². The van der Waals surface area contributed by atoms with E-state index in [1.165, 1.54) is 11.6 Å². The minimum atomic E-state index is -0.421. The van der Waals surface area contributed by atoms with Crippen molar-refractivity contribution in [1.82, 2.24) is 4.90 Å². The SMILES string of the molecule is CCN(CC)CCOc1ccc(Cc2ccccc2)cc1-c1cc(OC/C=C(\C)CO)cc2oc(=O)ccc12. The fraction of sp³-hybridized carbons (Fsp3) is 0.303. The van der Waals surface area contributed by atoms with Gasteiger partial charge in [-0.1, -0.05) is 50.2 Å². The van der Waals surface area contributed by atoms with E-state index in [2.05, 4.69) is 43.0 Å². The highest BCUT2D eigenvalue weighted by molar-refractivity contribution is 5.96. The van der Waals surface area contributed by atoms with E-state index in [1.807, 2.05) is 43.3 Å². The summed E-state index contributed by atoms with van der Waals surface area (Å²) in [6.45, 7) is 9.72. The van der Waals surface area contributed by atoms with Crippen molar-refractivity contribution in [3.8, 4) is 22.6 Å². The third-order valence-corrected chi connectivity index (χ3v) is 6.79. The van der Waals surface area contributed by atoms with Gasteiger partial charge < -0.3 is 23.9 Å². The molecule has 0 aliphatic carbocycles. The molecule has 1 aromatic heterocycles. The van der Waals surface area contributed by atoms with Gasteiger partial charge in [0.25, 0.3) is 0 Å². The van der Waals surface area contributed by atoms with Crippen LogP contribution in [0.5, 0.6) is 11.5 Å². The lowest BCUT2D eigenvalue weighted by atomic mass is 9.95. The van der Waals surface area contributed by atoms with Gasteiger partial charge in [-0.15, -0.1) is 0 Å². The van der Waals surface area contributed by atoms with Crippen LogP contribution in [0.2, 0.25) is 0 Å². The van der Waals surface area contributed by atoms with Gasteiger partial charge in [0, 0.05) is 35.2 Å². The van der Waals surface area contributed by atoms with Crippen LogP contribution in [-0.2, 0) is 6.42 Å². The van der Waals surface area contributed by atoms with Crippen LogP contribution >= 0.6 is 0 Å². The molecule has 204 valence electrons. The van der Waals surface area contributed by atoms with Crippen molar-refractivity contribution in [2.24, 2.45) is 0 Å². The predicted octanol–water partition coefficient (Wildman–Crippen LogP) is 6.09. The molecule has 1 N–H and O–H groups in total. The summed E-state index contributed by atoms with van der Waals surface area (Å²) in [5.41, 5.74) is 4.98. The van der Waals surface area contributed by atoms with Gasteiger partial charge in [0.2, 0.25) is 0 Å². The molecule has 39 heavy (non-hydrogen) atoms. The average Bonchev–Trinajstić information content (AvgIpc) is 2.95. The van der Waals surface area contributed by atoms with E-state index >= 15 is 0 Å². The minimum absolute atomic E-state index is 0.0242. The van der Waals surface area contributed by atoms with Crippen molar-refractivity contribution in [2.75, 3.05) is 39.5 Å². The molecule has 0 bridgehead atoms. The van der Waals surface area contributed by atoms with Gasteiger partial charge in [-0.25, -0.2) is 4.79 Å². The Morgan fingerprint density at radius 3 is 2.46 bits per heavy atom. The summed E-state index contributed by atoms with van der Waals surface area (Å²) in [7, 11) is 0. The van der Waals surface area contributed by atoms with Crippen molar-refractivity contribution < 1.29 is 19.0 Å². The molecule has 0 spiro atoms. The largest absolute Gasteiger partial charge is 0.492 e. The monoisotopic (exact) mass is 527 g/mol. The van der Waals surface area contributed by atoms with E-state index in [1.54, 1.807) is 12.1 Å². The fourth-order valence-electron chi connectivity index (χ4n) is 4.48. The first-order valence-electron chi connectivity index (χ1n) is 13.5. The highest BCUT2D eigenvalue weighted by atomic mass is 16.5. The summed E-state index contributed by atoms with van der Waals surface area (Å²) in [5, 5.41) is 10.1. The highest BCUT2D eigenvalue weighted by Crippen LogP contribution is 2.38. The van der Waals surface area contributed by atoms with Gasteiger partial charge >= 0.3 is 5.63 Å². The summed E-state index contributed by atoms with van der Waals surface area (Å²) in [4.78, 5) is 14.4. The van der Waals surface area contributed by atoms with Crippen molar-refractivity contribution in [2.45, 2.75) is 27.2 Å². The molecule has 0 aliphatic heterocycles. The number of hydrogen-bond acceptors (Lipinski definition) is 6. The maximum Gasteiger partial charge on any atom is 0.336 e. The number of benzene rings is 3. The zero-order valence-electron chi connectivity index (χ0n) is 23.0. The Bertz CT molecular complexity index is 1450. The minimum Gasteiger partial charge on any atom is -0.492 e. The third kappa shape index (κ3) is 7.59. The van der Waals surface area contributed by atoms with Crippen molar-refractivity contribution in [1.29, 1.82) is 0 Å². The smallest absolute Gasteiger partial charge is 0.336 e. The number of aliphatic hydroxyl groups is 1. The second-order valence-electron chi connectivity index (χ2n) is 9.52. The average molecular weight is 528 g/mol. The molecule has 3 aromatic carbocycles. The van der Waals surface area contributed by atoms with Gasteiger partial charge in [-0.3, -0.25) is 0 Å². The Labute approximate surface area is 230 Å². The van der Waals surface area contributed by atoms with Crippen LogP contribution in [0.25, 0.3) is 22.1 Å². The standard InChI is InChI=1S/C33H37NO5/c1-4-34(5-2)16-18-38-31-13-11-26(19-25-9-7-6-8-10-25)20-30(31)29-21-27(37-17-15-24(3)23-35)22-32-28(29)12-14-33(36)39-32/h6-15,20-22,35H,4-5,16-19,23H2,1-3H3/b24-15+. The van der Waals surface area contributed by atoms with Crippen molar-refractivity contribution >= 4 is 11.0 Å². The van der Waals surface area contributed by atoms with Crippen molar-refractivity contribution in [3.05, 3.63) is 106 Å². The second kappa shape index (κ2) is 13.8. The molecule has 0 atom stereocenters. The Kier molecular flexibility index (Phi) is 9.95. The van der Waals surface area contributed by atoms with Gasteiger partial charge in [0.15, 0.2) is 0 Å². The molecule has 6 nitrogen and oxygen atoms in total. The molecular formula is C33H37NO5. The Hall–Kier alpha value is -3.87. The first kappa shape index (κ1) is 28.1. The summed E-state index contributed by atoms with van der Waals surface area (Å²) in [5.74, 6) is 1.33. The number of ether oxygens (including phenoxy) is 2. The zero-order valence-corrected chi connectivity index (χ0v) is 23.0. The van der Waals surface area contributed by atoms with Crippen LogP contribution in [0.4, 0.5) is 0 Å². The zero-order chi connectivity index (χ0) is 27.6.